The molecular weight excluding hydrogens is 180 g/mol. The summed E-state index contributed by atoms with van der Waals surface area (Å²) in [5.74, 6) is 0.751. The summed E-state index contributed by atoms with van der Waals surface area (Å²) in [6.07, 6.45) is 8.32. The number of allylic oxidation sites excluding steroid dienone is 2. The van der Waals surface area contributed by atoms with Gasteiger partial charge in [0.15, 0.2) is 0 Å². The van der Waals surface area contributed by atoms with Crippen molar-refractivity contribution in [2.75, 3.05) is 0 Å². The van der Waals surface area contributed by atoms with Gasteiger partial charge >= 0.3 is 0 Å². The monoisotopic (exact) mass is 192 g/mol. The predicted octanol–water partition coefficient (Wildman–Crippen LogP) is 3.85. The van der Waals surface area contributed by atoms with E-state index in [4.69, 9.17) is 11.6 Å². The molecule has 0 fully saturated rings. The molecule has 2 rings (SSSR count). The van der Waals surface area contributed by atoms with E-state index in [0.29, 0.717) is 0 Å². The Morgan fingerprint density at radius 3 is 2.62 bits per heavy atom. The standard InChI is InChI=1S/C12H13Cl/c13-12-7-5-11(6-8-12)9-10-3-1-2-4-10/h1,3,5-8,10H,2,4,9H2/t10-/m0/s1. The molecule has 0 unspecified atom stereocenters. The summed E-state index contributed by atoms with van der Waals surface area (Å²) in [6, 6.07) is 8.17. The summed E-state index contributed by atoms with van der Waals surface area (Å²) < 4.78 is 0. The molecule has 13 heavy (non-hydrogen) atoms. The van der Waals surface area contributed by atoms with E-state index in [1.807, 2.05) is 12.1 Å². The van der Waals surface area contributed by atoms with Crippen LogP contribution in [-0.2, 0) is 6.42 Å². The van der Waals surface area contributed by atoms with E-state index in [9.17, 15) is 0 Å². The summed E-state index contributed by atoms with van der Waals surface area (Å²) in [5.41, 5.74) is 1.39. The Bertz CT molecular complexity index is 297. The van der Waals surface area contributed by atoms with Crippen molar-refractivity contribution < 1.29 is 0 Å². The highest BCUT2D eigenvalue weighted by molar-refractivity contribution is 6.30. The van der Waals surface area contributed by atoms with Crippen molar-refractivity contribution in [3.05, 3.63) is 47.0 Å². The maximum absolute atomic E-state index is 5.81. The van der Waals surface area contributed by atoms with Gasteiger partial charge in [0.05, 0.1) is 0 Å². The average Bonchev–Trinajstić information content (AvgIpc) is 2.62. The average molecular weight is 193 g/mol. The lowest BCUT2D eigenvalue weighted by Crippen LogP contribution is -1.96. The largest absolute Gasteiger partial charge is 0.0882 e. The van der Waals surface area contributed by atoms with Crippen LogP contribution in [0.4, 0.5) is 0 Å². The molecule has 1 aliphatic carbocycles. The van der Waals surface area contributed by atoms with Crippen molar-refractivity contribution in [1.29, 1.82) is 0 Å². The second kappa shape index (κ2) is 3.97. The van der Waals surface area contributed by atoms with Crippen LogP contribution >= 0.6 is 11.6 Å². The van der Waals surface area contributed by atoms with Crippen molar-refractivity contribution >= 4 is 11.6 Å². The van der Waals surface area contributed by atoms with Gasteiger partial charge in [0.2, 0.25) is 0 Å². The van der Waals surface area contributed by atoms with Crippen molar-refractivity contribution in [1.82, 2.24) is 0 Å². The number of hydrogen-bond donors (Lipinski definition) is 0. The Hall–Kier alpha value is -0.750. The molecule has 0 radical (unpaired) electrons. The van der Waals surface area contributed by atoms with Gasteiger partial charge in [-0.15, -0.1) is 0 Å². The second-order valence-corrected chi connectivity index (χ2v) is 4.03. The molecule has 1 aromatic rings. The zero-order valence-electron chi connectivity index (χ0n) is 7.54. The predicted molar refractivity (Wildman–Crippen MR) is 57.0 cm³/mol. The van der Waals surface area contributed by atoms with Crippen LogP contribution in [0.1, 0.15) is 18.4 Å². The lowest BCUT2D eigenvalue weighted by atomic mass is 9.99. The van der Waals surface area contributed by atoms with Crippen molar-refractivity contribution in [2.24, 2.45) is 5.92 Å². The van der Waals surface area contributed by atoms with Gasteiger partial charge in [0.25, 0.3) is 0 Å². The summed E-state index contributed by atoms with van der Waals surface area (Å²) in [4.78, 5) is 0. The van der Waals surface area contributed by atoms with Crippen LogP contribution < -0.4 is 0 Å². The molecular formula is C12H13Cl. The van der Waals surface area contributed by atoms with Crippen LogP contribution in [-0.4, -0.2) is 0 Å². The fourth-order valence-corrected chi connectivity index (χ4v) is 1.91. The number of rotatable bonds is 2. The molecule has 68 valence electrons. The van der Waals surface area contributed by atoms with Gasteiger partial charge in [-0.05, 0) is 42.9 Å². The SMILES string of the molecule is Clc1ccc(C[C@H]2C=CCC2)cc1. The van der Waals surface area contributed by atoms with Crippen LogP contribution in [0, 0.1) is 5.92 Å². The first-order chi connectivity index (χ1) is 6.34. The molecule has 0 saturated heterocycles. The highest BCUT2D eigenvalue weighted by atomic mass is 35.5. The molecule has 1 aromatic carbocycles. The van der Waals surface area contributed by atoms with Gasteiger partial charge in [-0.1, -0.05) is 35.9 Å². The summed E-state index contributed by atoms with van der Waals surface area (Å²) >= 11 is 5.81. The zero-order chi connectivity index (χ0) is 9.10. The van der Waals surface area contributed by atoms with Crippen LogP contribution in [0.25, 0.3) is 0 Å². The van der Waals surface area contributed by atoms with Crippen LogP contribution in [0.2, 0.25) is 5.02 Å². The molecule has 0 aliphatic heterocycles. The van der Waals surface area contributed by atoms with Crippen LogP contribution in [0.3, 0.4) is 0 Å². The summed E-state index contributed by atoms with van der Waals surface area (Å²) in [6.45, 7) is 0. The highest BCUT2D eigenvalue weighted by Gasteiger charge is 2.09. The van der Waals surface area contributed by atoms with Gasteiger partial charge in [-0.3, -0.25) is 0 Å². The highest BCUT2D eigenvalue weighted by Crippen LogP contribution is 2.22. The molecule has 0 N–H and O–H groups in total. The lowest BCUT2D eigenvalue weighted by Gasteiger charge is -2.06. The first-order valence-corrected chi connectivity index (χ1v) is 5.13. The fourth-order valence-electron chi connectivity index (χ4n) is 1.79. The zero-order valence-corrected chi connectivity index (χ0v) is 8.30. The first kappa shape index (κ1) is 8.83. The Morgan fingerprint density at radius 1 is 1.23 bits per heavy atom. The quantitative estimate of drug-likeness (QED) is 0.625. The number of benzene rings is 1. The second-order valence-electron chi connectivity index (χ2n) is 3.60. The first-order valence-electron chi connectivity index (χ1n) is 4.76. The maximum Gasteiger partial charge on any atom is 0.0406 e. The molecule has 1 atom stereocenters. The molecule has 0 saturated carbocycles. The Kier molecular flexibility index (Phi) is 2.70. The van der Waals surface area contributed by atoms with Crippen molar-refractivity contribution in [3.63, 3.8) is 0 Å². The van der Waals surface area contributed by atoms with Crippen LogP contribution in [0.5, 0.6) is 0 Å². The molecule has 0 amide bonds. The van der Waals surface area contributed by atoms with E-state index in [0.717, 1.165) is 17.4 Å². The Morgan fingerprint density at radius 2 is 2.00 bits per heavy atom. The minimum Gasteiger partial charge on any atom is -0.0882 e. The third-order valence-corrected chi connectivity index (χ3v) is 2.78. The minimum atomic E-state index is 0.751. The van der Waals surface area contributed by atoms with Gasteiger partial charge in [-0.2, -0.15) is 0 Å². The van der Waals surface area contributed by atoms with Gasteiger partial charge in [0.1, 0.15) is 0 Å². The van der Waals surface area contributed by atoms with Crippen molar-refractivity contribution in [2.45, 2.75) is 19.3 Å². The fraction of sp³-hybridized carbons (Fsp3) is 0.333. The van der Waals surface area contributed by atoms with Crippen molar-refractivity contribution in [3.8, 4) is 0 Å². The minimum absolute atomic E-state index is 0.751. The van der Waals surface area contributed by atoms with E-state index in [1.165, 1.54) is 18.4 Å². The third kappa shape index (κ3) is 2.35. The topological polar surface area (TPSA) is 0 Å². The van der Waals surface area contributed by atoms with Gasteiger partial charge < -0.3 is 0 Å². The lowest BCUT2D eigenvalue weighted by molar-refractivity contribution is 0.630. The van der Waals surface area contributed by atoms with E-state index in [-0.39, 0.29) is 0 Å². The van der Waals surface area contributed by atoms with Gasteiger partial charge in [0, 0.05) is 5.02 Å². The third-order valence-electron chi connectivity index (χ3n) is 2.52. The van der Waals surface area contributed by atoms with E-state index < -0.39 is 0 Å². The molecule has 0 spiro atoms. The molecule has 0 heterocycles. The molecule has 1 aliphatic rings. The molecule has 0 bridgehead atoms. The smallest absolute Gasteiger partial charge is 0.0406 e. The number of hydrogen-bond acceptors (Lipinski definition) is 0. The Labute approximate surface area is 84.2 Å². The number of halogens is 1. The molecule has 0 aromatic heterocycles. The summed E-state index contributed by atoms with van der Waals surface area (Å²) in [7, 11) is 0. The van der Waals surface area contributed by atoms with Crippen LogP contribution in [0.15, 0.2) is 36.4 Å². The molecule has 0 nitrogen and oxygen atoms in total. The molecule has 1 heteroatoms. The van der Waals surface area contributed by atoms with Gasteiger partial charge in [-0.25, -0.2) is 0 Å². The maximum atomic E-state index is 5.81. The summed E-state index contributed by atoms with van der Waals surface area (Å²) in [5, 5.41) is 0.825. The normalized spacial score (nSPS) is 20.8. The Balaban J connectivity index is 2.01. The van der Waals surface area contributed by atoms with E-state index >= 15 is 0 Å². The van der Waals surface area contributed by atoms with E-state index in [2.05, 4.69) is 24.3 Å². The van der Waals surface area contributed by atoms with E-state index in [1.54, 1.807) is 0 Å².